The molecule has 1 aromatic heterocycles. The molecule has 128 valence electrons. The van der Waals surface area contributed by atoms with Crippen LogP contribution in [0.5, 0.6) is 11.5 Å². The number of ether oxygens (including phenoxy) is 2. The zero-order chi connectivity index (χ0) is 17.4. The molecule has 25 heavy (non-hydrogen) atoms. The molecular formula is C19H16FNO4. The van der Waals surface area contributed by atoms with E-state index in [9.17, 15) is 9.18 Å². The third-order valence-electron chi connectivity index (χ3n) is 4.16. The maximum absolute atomic E-state index is 13.4. The average molecular weight is 341 g/mol. The number of hydrogen-bond donors (Lipinski definition) is 1. The Morgan fingerprint density at radius 3 is 2.88 bits per heavy atom. The number of carbonyl (C=O) groups excluding carboxylic acids is 1. The predicted molar refractivity (Wildman–Crippen MR) is 89.6 cm³/mol. The standard InChI is InChI=1S/C19H16FNO4/c1-11-14-8-12(20)6-7-15(14)25-18(11)19(22)21-9-13-10-23-16-4-2-3-5-17(16)24-13/h2-8,13H,9-10H2,1H3,(H,21,22)/t13-/m0/s1. The lowest BCUT2D eigenvalue weighted by molar-refractivity contribution is 0.0774. The number of aryl methyl sites for hydroxylation is 1. The second-order valence-corrected chi connectivity index (χ2v) is 5.90. The van der Waals surface area contributed by atoms with E-state index in [1.165, 1.54) is 18.2 Å². The monoisotopic (exact) mass is 341 g/mol. The van der Waals surface area contributed by atoms with Crippen LogP contribution in [0.4, 0.5) is 4.39 Å². The number of hydrogen-bond acceptors (Lipinski definition) is 4. The van der Waals surface area contributed by atoms with Crippen LogP contribution in [-0.2, 0) is 0 Å². The molecule has 0 radical (unpaired) electrons. The second kappa shape index (κ2) is 6.12. The Labute approximate surface area is 143 Å². The first-order valence-electron chi connectivity index (χ1n) is 7.97. The van der Waals surface area contributed by atoms with E-state index < -0.39 is 0 Å². The lowest BCUT2D eigenvalue weighted by atomic mass is 10.1. The number of furan rings is 1. The molecule has 0 saturated heterocycles. The van der Waals surface area contributed by atoms with E-state index in [-0.39, 0.29) is 30.1 Å². The molecule has 0 unspecified atom stereocenters. The quantitative estimate of drug-likeness (QED) is 0.793. The summed E-state index contributed by atoms with van der Waals surface area (Å²) in [6, 6.07) is 11.6. The molecule has 6 heteroatoms. The minimum atomic E-state index is -0.366. The first-order valence-corrected chi connectivity index (χ1v) is 7.97. The summed E-state index contributed by atoms with van der Waals surface area (Å²) in [5.41, 5.74) is 1.09. The fraction of sp³-hybridized carbons (Fsp3) is 0.211. The van der Waals surface area contributed by atoms with Gasteiger partial charge < -0.3 is 19.2 Å². The van der Waals surface area contributed by atoms with Gasteiger partial charge in [-0.05, 0) is 37.3 Å². The van der Waals surface area contributed by atoms with Crippen molar-refractivity contribution in [2.45, 2.75) is 13.0 Å². The molecule has 1 amide bonds. The fourth-order valence-corrected chi connectivity index (χ4v) is 2.86. The molecule has 1 aliphatic rings. The van der Waals surface area contributed by atoms with Crippen molar-refractivity contribution in [3.8, 4) is 11.5 Å². The van der Waals surface area contributed by atoms with E-state index in [4.69, 9.17) is 13.9 Å². The molecule has 1 N–H and O–H groups in total. The van der Waals surface area contributed by atoms with Gasteiger partial charge in [-0.3, -0.25) is 4.79 Å². The summed E-state index contributed by atoms with van der Waals surface area (Å²) < 4.78 is 30.3. The Balaban J connectivity index is 1.46. The maximum atomic E-state index is 13.4. The molecule has 0 bridgehead atoms. The van der Waals surface area contributed by atoms with Gasteiger partial charge in [-0.15, -0.1) is 0 Å². The number of benzene rings is 2. The number of rotatable bonds is 3. The summed E-state index contributed by atoms with van der Waals surface area (Å²) in [7, 11) is 0. The second-order valence-electron chi connectivity index (χ2n) is 5.90. The summed E-state index contributed by atoms with van der Waals surface area (Å²) >= 11 is 0. The van der Waals surface area contributed by atoms with Crippen LogP contribution in [0.25, 0.3) is 11.0 Å². The van der Waals surface area contributed by atoms with Gasteiger partial charge in [-0.2, -0.15) is 0 Å². The zero-order valence-electron chi connectivity index (χ0n) is 13.5. The Hall–Kier alpha value is -3.02. The molecule has 2 aromatic carbocycles. The van der Waals surface area contributed by atoms with Crippen LogP contribution >= 0.6 is 0 Å². The minimum absolute atomic E-state index is 0.178. The normalized spacial score (nSPS) is 16.0. The van der Waals surface area contributed by atoms with Gasteiger partial charge in [0.1, 0.15) is 24.1 Å². The largest absolute Gasteiger partial charge is 0.486 e. The first kappa shape index (κ1) is 15.5. The van der Waals surface area contributed by atoms with Crippen molar-refractivity contribution in [1.82, 2.24) is 5.32 Å². The van der Waals surface area contributed by atoms with E-state index in [1.54, 1.807) is 6.92 Å². The third-order valence-corrected chi connectivity index (χ3v) is 4.16. The van der Waals surface area contributed by atoms with Gasteiger partial charge in [-0.1, -0.05) is 12.1 Å². The van der Waals surface area contributed by atoms with E-state index >= 15 is 0 Å². The van der Waals surface area contributed by atoms with Crippen LogP contribution in [0.3, 0.4) is 0 Å². The van der Waals surface area contributed by atoms with Crippen molar-refractivity contribution in [2.24, 2.45) is 0 Å². The number of fused-ring (bicyclic) bond motifs is 2. The summed E-state index contributed by atoms with van der Waals surface area (Å²) in [4.78, 5) is 12.4. The van der Waals surface area contributed by atoms with Crippen LogP contribution in [0.1, 0.15) is 16.1 Å². The smallest absolute Gasteiger partial charge is 0.287 e. The number of carbonyl (C=O) groups is 1. The van der Waals surface area contributed by atoms with Crippen molar-refractivity contribution in [1.29, 1.82) is 0 Å². The van der Waals surface area contributed by atoms with Gasteiger partial charge in [0.15, 0.2) is 17.3 Å². The molecule has 1 aliphatic heterocycles. The lowest BCUT2D eigenvalue weighted by Crippen LogP contribution is -2.40. The number of para-hydroxylation sites is 2. The Morgan fingerprint density at radius 1 is 1.24 bits per heavy atom. The fourth-order valence-electron chi connectivity index (χ4n) is 2.86. The summed E-state index contributed by atoms with van der Waals surface area (Å²) in [6.07, 6.45) is -0.291. The summed E-state index contributed by atoms with van der Waals surface area (Å²) in [5.74, 6) is 0.799. The van der Waals surface area contributed by atoms with E-state index in [2.05, 4.69) is 5.32 Å². The van der Waals surface area contributed by atoms with E-state index in [0.29, 0.717) is 34.6 Å². The molecular weight excluding hydrogens is 325 g/mol. The van der Waals surface area contributed by atoms with Gasteiger partial charge in [0.25, 0.3) is 5.91 Å². The number of amides is 1. The molecule has 4 rings (SSSR count). The van der Waals surface area contributed by atoms with Crippen molar-refractivity contribution >= 4 is 16.9 Å². The Bertz CT molecular complexity index is 950. The molecule has 3 aromatic rings. The van der Waals surface area contributed by atoms with Crippen LogP contribution in [0.15, 0.2) is 46.9 Å². The van der Waals surface area contributed by atoms with Gasteiger partial charge in [0.2, 0.25) is 0 Å². The molecule has 0 fully saturated rings. The predicted octanol–water partition coefficient (Wildman–Crippen LogP) is 3.45. The number of nitrogens with one attached hydrogen (secondary N) is 1. The summed E-state index contributed by atoms with van der Waals surface area (Å²) in [5, 5.41) is 3.38. The van der Waals surface area contributed by atoms with Crippen molar-refractivity contribution < 1.29 is 23.1 Å². The molecule has 0 saturated carbocycles. The molecule has 1 atom stereocenters. The molecule has 2 heterocycles. The van der Waals surface area contributed by atoms with Crippen molar-refractivity contribution in [2.75, 3.05) is 13.2 Å². The first-order chi connectivity index (χ1) is 12.1. The Kier molecular flexibility index (Phi) is 3.80. The van der Waals surface area contributed by atoms with E-state index in [0.717, 1.165) is 0 Å². The highest BCUT2D eigenvalue weighted by atomic mass is 19.1. The SMILES string of the molecule is Cc1c(C(=O)NC[C@H]2COc3ccccc3O2)oc2ccc(F)cc12. The maximum Gasteiger partial charge on any atom is 0.287 e. The van der Waals surface area contributed by atoms with Crippen molar-refractivity contribution in [3.05, 3.63) is 59.6 Å². The zero-order valence-corrected chi connectivity index (χ0v) is 13.5. The average Bonchev–Trinajstić information content (AvgIpc) is 2.96. The third kappa shape index (κ3) is 2.91. The van der Waals surface area contributed by atoms with Gasteiger partial charge in [0, 0.05) is 10.9 Å². The van der Waals surface area contributed by atoms with E-state index in [1.807, 2.05) is 24.3 Å². The topological polar surface area (TPSA) is 60.7 Å². The molecule has 0 spiro atoms. The van der Waals surface area contributed by atoms with Gasteiger partial charge in [0.05, 0.1) is 6.54 Å². The van der Waals surface area contributed by atoms with Gasteiger partial charge in [-0.25, -0.2) is 4.39 Å². The lowest BCUT2D eigenvalue weighted by Gasteiger charge is -2.26. The van der Waals surface area contributed by atoms with Crippen LogP contribution in [-0.4, -0.2) is 25.2 Å². The van der Waals surface area contributed by atoms with Crippen LogP contribution < -0.4 is 14.8 Å². The highest BCUT2D eigenvalue weighted by molar-refractivity contribution is 5.98. The highest BCUT2D eigenvalue weighted by Crippen LogP contribution is 2.31. The van der Waals surface area contributed by atoms with Gasteiger partial charge >= 0.3 is 0 Å². The van der Waals surface area contributed by atoms with Crippen LogP contribution in [0, 0.1) is 12.7 Å². The Morgan fingerprint density at radius 2 is 2.04 bits per heavy atom. The number of halogens is 1. The van der Waals surface area contributed by atoms with Crippen LogP contribution in [0.2, 0.25) is 0 Å². The molecule has 0 aliphatic carbocycles. The summed E-state index contributed by atoms with van der Waals surface area (Å²) in [6.45, 7) is 2.36. The highest BCUT2D eigenvalue weighted by Gasteiger charge is 2.23. The molecule has 5 nitrogen and oxygen atoms in total. The minimum Gasteiger partial charge on any atom is -0.486 e. The van der Waals surface area contributed by atoms with Crippen molar-refractivity contribution in [3.63, 3.8) is 0 Å².